The quantitative estimate of drug-likeness (QED) is 0.182. The summed E-state index contributed by atoms with van der Waals surface area (Å²) in [5, 5.41) is 5.02. The van der Waals surface area contributed by atoms with Crippen molar-refractivity contribution >= 4 is 44.4 Å². The van der Waals surface area contributed by atoms with E-state index in [2.05, 4.69) is 147 Å². The first-order valence-corrected chi connectivity index (χ1v) is 14.7. The number of rotatable bonds is 0. The van der Waals surface area contributed by atoms with E-state index in [-0.39, 0.29) is 12.0 Å². The summed E-state index contributed by atoms with van der Waals surface area (Å²) in [6.07, 6.45) is 9.90. The molecule has 0 bridgehead atoms. The van der Waals surface area contributed by atoms with Crippen LogP contribution in [0.4, 0.5) is 0 Å². The van der Waals surface area contributed by atoms with Crippen molar-refractivity contribution < 1.29 is 9.13 Å². The fourth-order valence-electron chi connectivity index (χ4n) is 7.83. The molecule has 4 heteroatoms. The van der Waals surface area contributed by atoms with E-state index in [4.69, 9.17) is 4.98 Å². The van der Waals surface area contributed by atoms with Crippen molar-refractivity contribution in [1.29, 1.82) is 0 Å². The SMILES string of the molecule is C1=C[n+]2ccccc2-c2cc3c4cccc5c6ccccc6n(c3nc2C2C(C1)c1ccccc1-c1cccc[n+]12)c54. The van der Waals surface area contributed by atoms with Crippen LogP contribution in [0, 0.1) is 0 Å². The Morgan fingerprint density at radius 3 is 2.38 bits per heavy atom. The molecule has 0 aliphatic carbocycles. The Morgan fingerprint density at radius 1 is 0.667 bits per heavy atom. The number of hydrogen-bond donors (Lipinski definition) is 0. The van der Waals surface area contributed by atoms with Crippen molar-refractivity contribution in [2.75, 3.05) is 0 Å². The van der Waals surface area contributed by atoms with Gasteiger partial charge in [-0.1, -0.05) is 54.6 Å². The Kier molecular flexibility index (Phi) is 4.32. The van der Waals surface area contributed by atoms with Gasteiger partial charge >= 0.3 is 0 Å². The van der Waals surface area contributed by atoms with E-state index in [0.717, 1.165) is 23.5 Å². The van der Waals surface area contributed by atoms with Gasteiger partial charge in [-0.05, 0) is 48.4 Å². The number of benzene rings is 3. The summed E-state index contributed by atoms with van der Waals surface area (Å²) in [6.45, 7) is 0. The zero-order chi connectivity index (χ0) is 27.4. The maximum Gasteiger partial charge on any atom is 0.219 e. The Bertz CT molecular complexity index is 2410. The third-order valence-corrected chi connectivity index (χ3v) is 9.54. The van der Waals surface area contributed by atoms with Gasteiger partial charge in [0, 0.05) is 51.4 Å². The van der Waals surface area contributed by atoms with Gasteiger partial charge in [-0.15, -0.1) is 0 Å². The number of hydrogen-bond acceptors (Lipinski definition) is 1. The van der Waals surface area contributed by atoms with Crippen LogP contribution in [0.15, 0.2) is 128 Å². The first-order chi connectivity index (χ1) is 20.9. The minimum atomic E-state index is 0.0360. The van der Waals surface area contributed by atoms with E-state index >= 15 is 0 Å². The summed E-state index contributed by atoms with van der Waals surface area (Å²) < 4.78 is 7.14. The minimum Gasteiger partial charge on any atom is -0.293 e. The maximum atomic E-state index is 5.76. The second kappa shape index (κ2) is 8.11. The predicted molar refractivity (Wildman–Crippen MR) is 167 cm³/mol. The molecule has 2 aliphatic heterocycles. The Hall–Kier alpha value is -5.35. The Labute approximate surface area is 242 Å². The standard InChI is InChI=1S/C38H26N4/c1-2-12-25-24(11-1)27-16-10-21-40-20-7-5-17-32(40)31-23-30-29-15-9-14-28-26-13-3-4-19-34(26)42(36(28)29)38(30)39-35(31)37(27)41-22-8-6-18-33(25)41/h1-15,17-23,27,37H,16H2/q+2. The first-order valence-electron chi connectivity index (χ1n) is 14.7. The van der Waals surface area contributed by atoms with Crippen molar-refractivity contribution in [2.45, 2.75) is 18.4 Å². The fraction of sp³-hybridized carbons (Fsp3) is 0.0789. The van der Waals surface area contributed by atoms with Gasteiger partial charge in [0.25, 0.3) is 0 Å². The minimum absolute atomic E-state index is 0.0360. The highest BCUT2D eigenvalue weighted by atomic mass is 15.1. The number of nitrogens with zero attached hydrogens (tertiary/aromatic N) is 4. The Balaban J connectivity index is 1.40. The molecule has 42 heavy (non-hydrogen) atoms. The molecule has 0 radical (unpaired) electrons. The van der Waals surface area contributed by atoms with Crippen LogP contribution in [0.3, 0.4) is 0 Å². The average Bonchev–Trinajstić information content (AvgIpc) is 3.58. The number of fused-ring (bicyclic) bond motifs is 16. The number of aromatic nitrogens is 4. The van der Waals surface area contributed by atoms with E-state index < -0.39 is 0 Å². The summed E-state index contributed by atoms with van der Waals surface area (Å²) in [4.78, 5) is 5.76. The molecule has 10 rings (SSSR count). The third kappa shape index (κ3) is 2.79. The average molecular weight is 539 g/mol. The molecule has 2 aliphatic rings. The van der Waals surface area contributed by atoms with Crippen molar-refractivity contribution in [1.82, 2.24) is 9.38 Å². The van der Waals surface area contributed by atoms with Crippen LogP contribution < -0.4 is 9.13 Å². The lowest BCUT2D eigenvalue weighted by molar-refractivity contribution is -0.709. The van der Waals surface area contributed by atoms with Gasteiger partial charge in [0.2, 0.25) is 17.4 Å². The maximum absolute atomic E-state index is 5.76. The molecule has 0 amide bonds. The summed E-state index contributed by atoms with van der Waals surface area (Å²) in [5.74, 6) is 0.238. The second-order valence-electron chi connectivity index (χ2n) is 11.6. The van der Waals surface area contributed by atoms with E-state index in [9.17, 15) is 0 Å². The first kappa shape index (κ1) is 22.4. The lowest BCUT2D eigenvalue weighted by Crippen LogP contribution is -2.48. The molecule has 3 aromatic carbocycles. The highest BCUT2D eigenvalue weighted by Crippen LogP contribution is 2.47. The predicted octanol–water partition coefficient (Wildman–Crippen LogP) is 7.70. The van der Waals surface area contributed by atoms with Gasteiger partial charge in [0.05, 0.1) is 22.5 Å². The third-order valence-electron chi connectivity index (χ3n) is 9.54. The summed E-state index contributed by atoms with van der Waals surface area (Å²) >= 11 is 0. The van der Waals surface area contributed by atoms with Gasteiger partial charge in [-0.25, -0.2) is 4.98 Å². The van der Waals surface area contributed by atoms with Crippen LogP contribution in [0.25, 0.3) is 66.9 Å². The zero-order valence-corrected chi connectivity index (χ0v) is 22.9. The molecule has 0 saturated heterocycles. The van der Waals surface area contributed by atoms with Crippen LogP contribution in [0.2, 0.25) is 0 Å². The summed E-state index contributed by atoms with van der Waals surface area (Å²) in [6, 6.07) is 39.9. The molecule has 7 heterocycles. The molecule has 0 saturated carbocycles. The van der Waals surface area contributed by atoms with E-state index in [0.29, 0.717) is 0 Å². The lowest BCUT2D eigenvalue weighted by Gasteiger charge is -2.30. The van der Waals surface area contributed by atoms with Gasteiger partial charge in [-0.2, -0.15) is 9.13 Å². The number of para-hydroxylation sites is 2. The zero-order valence-electron chi connectivity index (χ0n) is 22.9. The fourth-order valence-corrected chi connectivity index (χ4v) is 7.83. The molecule has 5 aromatic heterocycles. The van der Waals surface area contributed by atoms with Gasteiger partial charge < -0.3 is 0 Å². The topological polar surface area (TPSA) is 25.1 Å². The summed E-state index contributed by atoms with van der Waals surface area (Å²) in [5.41, 5.74) is 10.9. The summed E-state index contributed by atoms with van der Waals surface area (Å²) in [7, 11) is 0. The number of pyridine rings is 3. The van der Waals surface area contributed by atoms with Crippen molar-refractivity contribution in [2.24, 2.45) is 0 Å². The Morgan fingerprint density at radius 2 is 1.43 bits per heavy atom. The molecule has 196 valence electrons. The second-order valence-corrected chi connectivity index (χ2v) is 11.6. The van der Waals surface area contributed by atoms with Gasteiger partial charge in [-0.3, -0.25) is 4.40 Å². The van der Waals surface area contributed by atoms with E-state index in [1.165, 1.54) is 55.0 Å². The monoisotopic (exact) mass is 538 g/mol. The highest BCUT2D eigenvalue weighted by Gasteiger charge is 2.44. The molecular weight excluding hydrogens is 512 g/mol. The normalized spacial score (nSPS) is 17.3. The van der Waals surface area contributed by atoms with Crippen LogP contribution in [-0.4, -0.2) is 9.38 Å². The largest absolute Gasteiger partial charge is 0.293 e. The van der Waals surface area contributed by atoms with Crippen molar-refractivity contribution in [3.05, 3.63) is 139 Å². The lowest BCUT2D eigenvalue weighted by atomic mass is 9.78. The molecule has 2 atom stereocenters. The van der Waals surface area contributed by atoms with Crippen LogP contribution >= 0.6 is 0 Å². The molecule has 8 aromatic rings. The molecular formula is C38H26N4+2. The van der Waals surface area contributed by atoms with Gasteiger partial charge in [0.1, 0.15) is 11.3 Å². The van der Waals surface area contributed by atoms with Crippen LogP contribution in [0.5, 0.6) is 0 Å². The molecule has 4 nitrogen and oxygen atoms in total. The smallest absolute Gasteiger partial charge is 0.219 e. The molecule has 0 spiro atoms. The van der Waals surface area contributed by atoms with Crippen molar-refractivity contribution in [3.8, 4) is 22.5 Å². The molecule has 0 N–H and O–H groups in total. The van der Waals surface area contributed by atoms with E-state index in [1.54, 1.807) is 0 Å². The van der Waals surface area contributed by atoms with Crippen molar-refractivity contribution in [3.63, 3.8) is 0 Å². The highest BCUT2D eigenvalue weighted by molar-refractivity contribution is 6.22. The molecule has 2 unspecified atom stereocenters. The molecule has 0 fully saturated rings. The van der Waals surface area contributed by atoms with Crippen LogP contribution in [-0.2, 0) is 0 Å². The van der Waals surface area contributed by atoms with Gasteiger partial charge in [0.15, 0.2) is 18.6 Å². The van der Waals surface area contributed by atoms with E-state index in [1.807, 2.05) is 0 Å². The number of allylic oxidation sites excluding steroid dienone is 1. The van der Waals surface area contributed by atoms with Crippen LogP contribution in [0.1, 0.15) is 29.6 Å².